The summed E-state index contributed by atoms with van der Waals surface area (Å²) in [4.78, 5) is 11.6. The summed E-state index contributed by atoms with van der Waals surface area (Å²) in [5, 5.41) is 7.08. The number of ether oxygens (including phenoxy) is 2. The van der Waals surface area contributed by atoms with Gasteiger partial charge in [-0.25, -0.2) is 4.79 Å². The third-order valence-corrected chi connectivity index (χ3v) is 4.72. The summed E-state index contributed by atoms with van der Waals surface area (Å²) in [5.41, 5.74) is 0.985. The number of carbonyl (C=O) groups excluding carboxylic acids is 1. The molecule has 2 N–H and O–H groups in total. The first-order valence-corrected chi connectivity index (χ1v) is 9.43. The fraction of sp³-hybridized carbons (Fsp3) is 0.556. The SMILES string of the molecule is COC(=O)c1ccc(Cl)c(NC(=S)NCCCOC2CCCCC2)c1. The lowest BCUT2D eigenvalue weighted by molar-refractivity contribution is 0.0277. The van der Waals surface area contributed by atoms with Crippen LogP contribution in [0.25, 0.3) is 0 Å². The topological polar surface area (TPSA) is 59.6 Å². The molecule has 0 aliphatic heterocycles. The fourth-order valence-electron chi connectivity index (χ4n) is 2.79. The largest absolute Gasteiger partial charge is 0.465 e. The van der Waals surface area contributed by atoms with E-state index in [0.717, 1.165) is 13.0 Å². The van der Waals surface area contributed by atoms with Gasteiger partial charge in [0.1, 0.15) is 0 Å². The van der Waals surface area contributed by atoms with E-state index >= 15 is 0 Å². The number of esters is 1. The molecule has 7 heteroatoms. The van der Waals surface area contributed by atoms with Crippen molar-refractivity contribution in [1.82, 2.24) is 5.32 Å². The van der Waals surface area contributed by atoms with Crippen LogP contribution in [0.1, 0.15) is 48.9 Å². The van der Waals surface area contributed by atoms with Gasteiger partial charge in [0.2, 0.25) is 0 Å². The van der Waals surface area contributed by atoms with Gasteiger partial charge in [-0.05, 0) is 49.7 Å². The molecule has 25 heavy (non-hydrogen) atoms. The summed E-state index contributed by atoms with van der Waals surface area (Å²) in [6.45, 7) is 1.45. The maximum atomic E-state index is 11.6. The average molecular weight is 385 g/mol. The van der Waals surface area contributed by atoms with Gasteiger partial charge in [-0.3, -0.25) is 0 Å². The van der Waals surface area contributed by atoms with E-state index in [1.807, 2.05) is 0 Å². The highest BCUT2D eigenvalue weighted by atomic mass is 35.5. The molecule has 0 radical (unpaired) electrons. The Labute approximate surface area is 159 Å². The van der Waals surface area contributed by atoms with Crippen molar-refractivity contribution in [3.8, 4) is 0 Å². The van der Waals surface area contributed by atoms with Crippen molar-refractivity contribution in [1.29, 1.82) is 0 Å². The third-order valence-electron chi connectivity index (χ3n) is 4.15. The van der Waals surface area contributed by atoms with Crippen LogP contribution in [-0.4, -0.2) is 37.4 Å². The molecule has 2 rings (SSSR count). The molecule has 1 aliphatic rings. The zero-order chi connectivity index (χ0) is 18.1. The molecule has 1 saturated carbocycles. The summed E-state index contributed by atoms with van der Waals surface area (Å²) in [6, 6.07) is 4.86. The van der Waals surface area contributed by atoms with E-state index in [2.05, 4.69) is 10.6 Å². The zero-order valence-electron chi connectivity index (χ0n) is 14.5. The van der Waals surface area contributed by atoms with E-state index in [0.29, 0.717) is 34.0 Å². The minimum Gasteiger partial charge on any atom is -0.465 e. The number of halogens is 1. The molecule has 1 fully saturated rings. The predicted molar refractivity (Wildman–Crippen MR) is 104 cm³/mol. The molecule has 0 bridgehead atoms. The number of rotatable bonds is 7. The second-order valence-corrected chi connectivity index (χ2v) is 6.87. The summed E-state index contributed by atoms with van der Waals surface area (Å²) < 4.78 is 10.6. The summed E-state index contributed by atoms with van der Waals surface area (Å²) >= 11 is 11.4. The average Bonchev–Trinajstić information content (AvgIpc) is 2.63. The lowest BCUT2D eigenvalue weighted by Gasteiger charge is -2.22. The van der Waals surface area contributed by atoms with E-state index < -0.39 is 5.97 Å². The Morgan fingerprint density at radius 2 is 2.08 bits per heavy atom. The van der Waals surface area contributed by atoms with Gasteiger partial charge in [0.15, 0.2) is 5.11 Å². The zero-order valence-corrected chi connectivity index (χ0v) is 16.0. The molecule has 1 aromatic rings. The van der Waals surface area contributed by atoms with Gasteiger partial charge < -0.3 is 20.1 Å². The van der Waals surface area contributed by atoms with Crippen molar-refractivity contribution in [3.63, 3.8) is 0 Å². The highest BCUT2D eigenvalue weighted by molar-refractivity contribution is 7.80. The molecular weight excluding hydrogens is 360 g/mol. The summed E-state index contributed by atoms with van der Waals surface area (Å²) in [6.07, 6.45) is 7.57. The van der Waals surface area contributed by atoms with Crippen LogP contribution in [0.4, 0.5) is 5.69 Å². The van der Waals surface area contributed by atoms with E-state index in [9.17, 15) is 4.79 Å². The van der Waals surface area contributed by atoms with E-state index in [1.165, 1.54) is 39.2 Å². The van der Waals surface area contributed by atoms with Crippen LogP contribution in [-0.2, 0) is 9.47 Å². The third kappa shape index (κ3) is 6.80. The molecule has 0 heterocycles. The number of methoxy groups -OCH3 is 1. The highest BCUT2D eigenvalue weighted by Gasteiger charge is 2.13. The number of hydrogen-bond acceptors (Lipinski definition) is 4. The van der Waals surface area contributed by atoms with Crippen molar-refractivity contribution in [2.75, 3.05) is 25.6 Å². The molecule has 0 unspecified atom stereocenters. The van der Waals surface area contributed by atoms with Gasteiger partial charge in [-0.2, -0.15) is 0 Å². The standard InChI is InChI=1S/C18H25ClN2O3S/c1-23-17(22)13-8-9-15(19)16(12-13)21-18(25)20-10-5-11-24-14-6-3-2-4-7-14/h8-9,12,14H,2-7,10-11H2,1H3,(H2,20,21,25). The van der Waals surface area contributed by atoms with Crippen LogP contribution in [0.2, 0.25) is 5.02 Å². The Morgan fingerprint density at radius 3 is 2.80 bits per heavy atom. The number of thiocarbonyl (C=S) groups is 1. The van der Waals surface area contributed by atoms with Gasteiger partial charge in [0.05, 0.1) is 29.5 Å². The van der Waals surface area contributed by atoms with Crippen molar-refractivity contribution < 1.29 is 14.3 Å². The van der Waals surface area contributed by atoms with E-state index in [1.54, 1.807) is 18.2 Å². The Kier molecular flexibility index (Phi) is 8.44. The molecule has 5 nitrogen and oxygen atoms in total. The van der Waals surface area contributed by atoms with Crippen molar-refractivity contribution in [2.24, 2.45) is 0 Å². The smallest absolute Gasteiger partial charge is 0.337 e. The molecule has 0 spiro atoms. The van der Waals surface area contributed by atoms with Crippen LogP contribution >= 0.6 is 23.8 Å². The monoisotopic (exact) mass is 384 g/mol. The number of nitrogens with one attached hydrogen (secondary N) is 2. The maximum absolute atomic E-state index is 11.6. The minimum absolute atomic E-state index is 0.415. The number of benzene rings is 1. The quantitative estimate of drug-likeness (QED) is 0.418. The molecule has 0 aromatic heterocycles. The predicted octanol–water partition coefficient (Wildman–Crippen LogP) is 4.15. The van der Waals surface area contributed by atoms with Gasteiger partial charge in [0, 0.05) is 13.2 Å². The van der Waals surface area contributed by atoms with Crippen LogP contribution in [0.5, 0.6) is 0 Å². The highest BCUT2D eigenvalue weighted by Crippen LogP contribution is 2.23. The van der Waals surface area contributed by atoms with E-state index in [-0.39, 0.29) is 0 Å². The number of carbonyl (C=O) groups is 1. The lowest BCUT2D eigenvalue weighted by Crippen LogP contribution is -2.30. The van der Waals surface area contributed by atoms with Gasteiger partial charge in [-0.1, -0.05) is 30.9 Å². The molecule has 1 aliphatic carbocycles. The van der Waals surface area contributed by atoms with Gasteiger partial charge >= 0.3 is 5.97 Å². The summed E-state index contributed by atoms with van der Waals surface area (Å²) in [7, 11) is 1.34. The first-order valence-electron chi connectivity index (χ1n) is 8.64. The minimum atomic E-state index is -0.418. The molecule has 0 atom stereocenters. The molecule has 138 valence electrons. The van der Waals surface area contributed by atoms with Crippen LogP contribution in [0.3, 0.4) is 0 Å². The summed E-state index contributed by atoms with van der Waals surface area (Å²) in [5.74, 6) is -0.418. The van der Waals surface area contributed by atoms with Crippen LogP contribution in [0.15, 0.2) is 18.2 Å². The normalized spacial score (nSPS) is 14.8. The molecule has 0 saturated heterocycles. The van der Waals surface area contributed by atoms with Crippen molar-refractivity contribution in [2.45, 2.75) is 44.6 Å². The fourth-order valence-corrected chi connectivity index (χ4v) is 3.17. The maximum Gasteiger partial charge on any atom is 0.337 e. The second-order valence-electron chi connectivity index (χ2n) is 6.05. The van der Waals surface area contributed by atoms with E-state index in [4.69, 9.17) is 33.3 Å². The van der Waals surface area contributed by atoms with Crippen LogP contribution in [0, 0.1) is 0 Å². The molecule has 1 aromatic carbocycles. The first kappa shape index (κ1) is 19.9. The Bertz CT molecular complexity index is 592. The first-order chi connectivity index (χ1) is 12.1. The Balaban J connectivity index is 1.70. The Hall–Kier alpha value is -1.37. The van der Waals surface area contributed by atoms with Crippen molar-refractivity contribution >= 4 is 40.6 Å². The second kappa shape index (κ2) is 10.6. The molecular formula is C18H25ClN2O3S. The van der Waals surface area contributed by atoms with Crippen molar-refractivity contribution in [3.05, 3.63) is 28.8 Å². The van der Waals surface area contributed by atoms with Gasteiger partial charge in [-0.15, -0.1) is 0 Å². The Morgan fingerprint density at radius 1 is 1.32 bits per heavy atom. The van der Waals surface area contributed by atoms with Crippen LogP contribution < -0.4 is 10.6 Å². The molecule has 0 amide bonds. The lowest BCUT2D eigenvalue weighted by atomic mass is 9.98. The number of anilines is 1. The number of hydrogen-bond donors (Lipinski definition) is 2. The van der Waals surface area contributed by atoms with Gasteiger partial charge in [0.25, 0.3) is 0 Å².